The zero-order chi connectivity index (χ0) is 15.2. The molecule has 2 aromatic carbocycles. The first-order chi connectivity index (χ1) is 10.1. The third-order valence-electron chi connectivity index (χ3n) is 3.21. The van der Waals surface area contributed by atoms with Crippen molar-refractivity contribution >= 4 is 15.9 Å². The van der Waals surface area contributed by atoms with Crippen molar-refractivity contribution in [3.8, 4) is 5.75 Å². The quantitative estimate of drug-likeness (QED) is 0.803. The van der Waals surface area contributed by atoms with Crippen LogP contribution in [0.25, 0.3) is 0 Å². The molecule has 0 spiro atoms. The second-order valence-corrected chi connectivity index (χ2v) is 5.80. The minimum Gasteiger partial charge on any atom is -0.489 e. The van der Waals surface area contributed by atoms with Gasteiger partial charge in [-0.3, -0.25) is 0 Å². The van der Waals surface area contributed by atoms with E-state index in [1.165, 1.54) is 12.1 Å². The Bertz CT molecular complexity index is 583. The maximum absolute atomic E-state index is 13.4. The van der Waals surface area contributed by atoms with Crippen LogP contribution >= 0.6 is 15.9 Å². The summed E-state index contributed by atoms with van der Waals surface area (Å²) in [6.07, 6.45) is 0. The van der Waals surface area contributed by atoms with Crippen molar-refractivity contribution in [1.82, 2.24) is 5.32 Å². The van der Waals surface area contributed by atoms with Crippen LogP contribution in [-0.4, -0.2) is 6.54 Å². The molecule has 1 unspecified atom stereocenters. The second kappa shape index (κ2) is 7.57. The van der Waals surface area contributed by atoms with Crippen molar-refractivity contribution in [2.24, 2.45) is 0 Å². The lowest BCUT2D eigenvalue weighted by Gasteiger charge is -2.17. The fourth-order valence-electron chi connectivity index (χ4n) is 2.24. The molecule has 0 fully saturated rings. The van der Waals surface area contributed by atoms with Crippen molar-refractivity contribution in [2.75, 3.05) is 6.54 Å². The molecular formula is C17H19BrFNO. The Kier molecular flexibility index (Phi) is 5.76. The molecular weight excluding hydrogens is 333 g/mol. The predicted octanol–water partition coefficient (Wildman–Crippen LogP) is 4.84. The molecule has 21 heavy (non-hydrogen) atoms. The number of ether oxygens (including phenoxy) is 1. The van der Waals surface area contributed by atoms with Crippen LogP contribution in [0.5, 0.6) is 5.75 Å². The SMILES string of the molecule is CCNC(C)c1ccccc1OCc1cc(F)cc(Br)c1. The van der Waals surface area contributed by atoms with Crippen LogP contribution in [0.15, 0.2) is 46.9 Å². The molecule has 0 heterocycles. The summed E-state index contributed by atoms with van der Waals surface area (Å²) >= 11 is 3.29. The molecule has 112 valence electrons. The Balaban J connectivity index is 2.12. The van der Waals surface area contributed by atoms with Crippen LogP contribution in [0, 0.1) is 5.82 Å². The molecule has 0 aliphatic rings. The highest BCUT2D eigenvalue weighted by atomic mass is 79.9. The van der Waals surface area contributed by atoms with Gasteiger partial charge in [0.25, 0.3) is 0 Å². The molecule has 4 heteroatoms. The van der Waals surface area contributed by atoms with Crippen LogP contribution < -0.4 is 10.1 Å². The molecule has 1 N–H and O–H groups in total. The molecule has 0 amide bonds. The molecule has 0 aliphatic carbocycles. The van der Waals surface area contributed by atoms with Crippen molar-refractivity contribution in [3.05, 3.63) is 63.9 Å². The predicted molar refractivity (Wildman–Crippen MR) is 87.0 cm³/mol. The van der Waals surface area contributed by atoms with Gasteiger partial charge in [0, 0.05) is 16.1 Å². The van der Waals surface area contributed by atoms with Gasteiger partial charge in [-0.05, 0) is 43.3 Å². The molecule has 1 atom stereocenters. The second-order valence-electron chi connectivity index (χ2n) is 4.88. The highest BCUT2D eigenvalue weighted by Crippen LogP contribution is 2.26. The summed E-state index contributed by atoms with van der Waals surface area (Å²) < 4.78 is 20.0. The lowest BCUT2D eigenvalue weighted by molar-refractivity contribution is 0.299. The Morgan fingerprint density at radius 2 is 2.00 bits per heavy atom. The van der Waals surface area contributed by atoms with Gasteiger partial charge in [0.05, 0.1) is 0 Å². The molecule has 2 nitrogen and oxygen atoms in total. The fraction of sp³-hybridized carbons (Fsp3) is 0.294. The van der Waals surface area contributed by atoms with Gasteiger partial charge in [0.15, 0.2) is 0 Å². The van der Waals surface area contributed by atoms with Crippen LogP contribution in [0.1, 0.15) is 31.0 Å². The summed E-state index contributed by atoms with van der Waals surface area (Å²) in [7, 11) is 0. The molecule has 0 radical (unpaired) electrons. The number of hydrogen-bond donors (Lipinski definition) is 1. The van der Waals surface area contributed by atoms with Gasteiger partial charge in [-0.1, -0.05) is 41.1 Å². The third kappa shape index (κ3) is 4.55. The number of nitrogens with one attached hydrogen (secondary N) is 1. The first kappa shape index (κ1) is 16.0. The molecule has 2 aromatic rings. The van der Waals surface area contributed by atoms with E-state index in [4.69, 9.17) is 4.74 Å². The molecule has 2 rings (SSSR count). The van der Waals surface area contributed by atoms with E-state index in [9.17, 15) is 4.39 Å². The molecule has 0 aromatic heterocycles. The number of hydrogen-bond acceptors (Lipinski definition) is 2. The summed E-state index contributed by atoms with van der Waals surface area (Å²) in [5.74, 6) is 0.559. The monoisotopic (exact) mass is 351 g/mol. The topological polar surface area (TPSA) is 21.3 Å². The summed E-state index contributed by atoms with van der Waals surface area (Å²) in [6.45, 7) is 5.41. The van der Waals surface area contributed by atoms with E-state index in [-0.39, 0.29) is 11.9 Å². The average molecular weight is 352 g/mol. The fourth-order valence-corrected chi connectivity index (χ4v) is 2.75. The van der Waals surface area contributed by atoms with E-state index in [1.807, 2.05) is 30.3 Å². The lowest BCUT2D eigenvalue weighted by atomic mass is 10.1. The summed E-state index contributed by atoms with van der Waals surface area (Å²) in [5.41, 5.74) is 1.91. The van der Waals surface area contributed by atoms with Crippen LogP contribution in [-0.2, 0) is 6.61 Å². The standard InChI is InChI=1S/C17H19BrFNO/c1-3-20-12(2)16-6-4-5-7-17(16)21-11-13-8-14(18)10-15(19)9-13/h4-10,12,20H,3,11H2,1-2H3. The molecule has 0 saturated carbocycles. The summed E-state index contributed by atoms with van der Waals surface area (Å²) in [4.78, 5) is 0. The zero-order valence-electron chi connectivity index (χ0n) is 12.2. The molecule has 0 bridgehead atoms. The van der Waals surface area contributed by atoms with Crippen molar-refractivity contribution in [1.29, 1.82) is 0 Å². The minimum atomic E-state index is -0.266. The summed E-state index contributed by atoms with van der Waals surface area (Å²) in [6, 6.07) is 12.9. The highest BCUT2D eigenvalue weighted by Gasteiger charge is 2.10. The van der Waals surface area contributed by atoms with Gasteiger partial charge < -0.3 is 10.1 Å². The van der Waals surface area contributed by atoms with Gasteiger partial charge >= 0.3 is 0 Å². The third-order valence-corrected chi connectivity index (χ3v) is 3.67. The van der Waals surface area contributed by atoms with Crippen molar-refractivity contribution in [3.63, 3.8) is 0 Å². The van der Waals surface area contributed by atoms with E-state index in [0.717, 1.165) is 27.9 Å². The molecule has 0 aliphatic heterocycles. The molecule has 0 saturated heterocycles. The largest absolute Gasteiger partial charge is 0.489 e. The van der Waals surface area contributed by atoms with Gasteiger partial charge in [-0.25, -0.2) is 4.39 Å². The van der Waals surface area contributed by atoms with E-state index < -0.39 is 0 Å². The number of rotatable bonds is 6. The van der Waals surface area contributed by atoms with Crippen LogP contribution in [0.2, 0.25) is 0 Å². The van der Waals surface area contributed by atoms with Gasteiger partial charge in [0.1, 0.15) is 18.2 Å². The van der Waals surface area contributed by atoms with Gasteiger partial charge in [0.2, 0.25) is 0 Å². The Morgan fingerprint density at radius 3 is 2.71 bits per heavy atom. The first-order valence-corrected chi connectivity index (χ1v) is 7.79. The number of benzene rings is 2. The average Bonchev–Trinajstić information content (AvgIpc) is 2.45. The van der Waals surface area contributed by atoms with Crippen molar-refractivity contribution in [2.45, 2.75) is 26.5 Å². The Hall–Kier alpha value is -1.39. The Morgan fingerprint density at radius 1 is 1.24 bits per heavy atom. The number of para-hydroxylation sites is 1. The van der Waals surface area contributed by atoms with E-state index in [1.54, 1.807) is 0 Å². The Labute approximate surface area is 133 Å². The maximum atomic E-state index is 13.4. The van der Waals surface area contributed by atoms with E-state index >= 15 is 0 Å². The maximum Gasteiger partial charge on any atom is 0.124 e. The zero-order valence-corrected chi connectivity index (χ0v) is 13.8. The highest BCUT2D eigenvalue weighted by molar-refractivity contribution is 9.10. The van der Waals surface area contributed by atoms with Crippen molar-refractivity contribution < 1.29 is 9.13 Å². The summed E-state index contributed by atoms with van der Waals surface area (Å²) in [5, 5.41) is 3.37. The van der Waals surface area contributed by atoms with Crippen LogP contribution in [0.3, 0.4) is 0 Å². The smallest absolute Gasteiger partial charge is 0.124 e. The number of halogens is 2. The van der Waals surface area contributed by atoms with Gasteiger partial charge in [-0.2, -0.15) is 0 Å². The van der Waals surface area contributed by atoms with Crippen LogP contribution in [0.4, 0.5) is 4.39 Å². The van der Waals surface area contributed by atoms with Gasteiger partial charge in [-0.15, -0.1) is 0 Å². The normalized spacial score (nSPS) is 12.2. The lowest BCUT2D eigenvalue weighted by Crippen LogP contribution is -2.18. The first-order valence-electron chi connectivity index (χ1n) is 7.00. The van der Waals surface area contributed by atoms with E-state index in [2.05, 4.69) is 35.1 Å². The minimum absolute atomic E-state index is 0.213. The van der Waals surface area contributed by atoms with E-state index in [0.29, 0.717) is 6.61 Å².